The molecule has 1 heterocycles. The monoisotopic (exact) mass is 420 g/mol. The second-order valence-corrected chi connectivity index (χ2v) is 8.85. The van der Waals surface area contributed by atoms with Gasteiger partial charge in [0.15, 0.2) is 0 Å². The van der Waals surface area contributed by atoms with Gasteiger partial charge < -0.3 is 14.2 Å². The van der Waals surface area contributed by atoms with Crippen LogP contribution in [-0.4, -0.2) is 31.4 Å². The fraction of sp³-hybridized carbons (Fsp3) is 0.720. The first kappa shape index (κ1) is 23.2. The van der Waals surface area contributed by atoms with E-state index in [2.05, 4.69) is 13.8 Å². The molecular weight excluding hydrogens is 383 g/mol. The Kier molecular flexibility index (Phi) is 9.13. The number of benzene rings is 1. The van der Waals surface area contributed by atoms with Crippen LogP contribution >= 0.6 is 0 Å². The van der Waals surface area contributed by atoms with Crippen molar-refractivity contribution in [1.29, 1.82) is 0 Å². The van der Waals surface area contributed by atoms with Crippen LogP contribution in [0, 0.1) is 11.7 Å². The first-order valence-corrected chi connectivity index (χ1v) is 11.8. The third kappa shape index (κ3) is 6.52. The van der Waals surface area contributed by atoms with Crippen LogP contribution in [-0.2, 0) is 14.2 Å². The molecule has 0 unspecified atom stereocenters. The van der Waals surface area contributed by atoms with E-state index in [4.69, 9.17) is 14.2 Å². The molecule has 0 amide bonds. The second kappa shape index (κ2) is 11.8. The Morgan fingerprint density at radius 1 is 1.03 bits per heavy atom. The zero-order valence-corrected chi connectivity index (χ0v) is 18.5. The lowest BCUT2D eigenvalue weighted by Gasteiger charge is -2.30. The van der Waals surface area contributed by atoms with Gasteiger partial charge in [-0.25, -0.2) is 9.18 Å². The summed E-state index contributed by atoms with van der Waals surface area (Å²) in [7, 11) is 0. The lowest BCUT2D eigenvalue weighted by atomic mass is 9.85. The van der Waals surface area contributed by atoms with Crippen LogP contribution in [0.1, 0.15) is 100 Å². The van der Waals surface area contributed by atoms with Crippen LogP contribution in [0.2, 0.25) is 0 Å². The minimum Gasteiger partial charge on any atom is -0.459 e. The van der Waals surface area contributed by atoms with Crippen molar-refractivity contribution >= 4 is 5.97 Å². The first-order chi connectivity index (χ1) is 14.6. The molecule has 1 aromatic rings. The molecule has 30 heavy (non-hydrogen) atoms. The molecule has 2 fully saturated rings. The van der Waals surface area contributed by atoms with Crippen LogP contribution in [0.25, 0.3) is 0 Å². The van der Waals surface area contributed by atoms with Crippen LogP contribution in [0.15, 0.2) is 18.2 Å². The lowest BCUT2D eigenvalue weighted by Crippen LogP contribution is -2.31. The molecule has 3 rings (SSSR count). The van der Waals surface area contributed by atoms with Gasteiger partial charge in [-0.15, -0.1) is 0 Å². The number of hydrogen-bond donors (Lipinski definition) is 0. The minimum atomic E-state index is -0.436. The quantitative estimate of drug-likeness (QED) is 0.343. The lowest BCUT2D eigenvalue weighted by molar-refractivity contribution is -0.138. The van der Waals surface area contributed by atoms with Crippen molar-refractivity contribution in [2.45, 2.75) is 96.4 Å². The van der Waals surface area contributed by atoms with E-state index in [0.29, 0.717) is 18.8 Å². The van der Waals surface area contributed by atoms with Crippen molar-refractivity contribution in [2.75, 3.05) is 13.2 Å². The SMILES string of the molecule is CCCCC[C@@H]1CO[C@@H](c2ccc(C(=O)O[C@H]3CC[C@H](CCC)CC3)cc2F)CO1. The third-order valence-electron chi connectivity index (χ3n) is 6.44. The number of hydrogen-bond acceptors (Lipinski definition) is 4. The summed E-state index contributed by atoms with van der Waals surface area (Å²) in [4.78, 5) is 12.5. The number of carbonyl (C=O) groups is 1. The van der Waals surface area contributed by atoms with Crippen LogP contribution in [0.4, 0.5) is 4.39 Å². The summed E-state index contributed by atoms with van der Waals surface area (Å²) in [5.74, 6) is -0.115. The summed E-state index contributed by atoms with van der Waals surface area (Å²) in [6.07, 6.45) is 10.6. The predicted molar refractivity (Wildman–Crippen MR) is 115 cm³/mol. The molecule has 4 nitrogen and oxygen atoms in total. The molecule has 5 heteroatoms. The Labute approximate surface area is 180 Å². The molecule has 1 saturated heterocycles. The van der Waals surface area contributed by atoms with Crippen molar-refractivity contribution in [2.24, 2.45) is 5.92 Å². The van der Waals surface area contributed by atoms with E-state index in [9.17, 15) is 9.18 Å². The topological polar surface area (TPSA) is 44.8 Å². The van der Waals surface area contributed by atoms with Crippen molar-refractivity contribution in [3.63, 3.8) is 0 Å². The molecule has 0 aromatic heterocycles. The maximum atomic E-state index is 14.7. The van der Waals surface area contributed by atoms with Crippen LogP contribution < -0.4 is 0 Å². The van der Waals surface area contributed by atoms with Gasteiger partial charge >= 0.3 is 5.97 Å². The average molecular weight is 421 g/mol. The summed E-state index contributed by atoms with van der Waals surface area (Å²) < 4.78 is 32.1. The fourth-order valence-electron chi connectivity index (χ4n) is 4.59. The van der Waals surface area contributed by atoms with Gasteiger partial charge in [-0.2, -0.15) is 0 Å². The molecule has 1 saturated carbocycles. The van der Waals surface area contributed by atoms with E-state index in [1.54, 1.807) is 12.1 Å². The summed E-state index contributed by atoms with van der Waals surface area (Å²) in [6, 6.07) is 4.55. The van der Waals surface area contributed by atoms with Crippen molar-refractivity contribution < 1.29 is 23.4 Å². The molecule has 168 valence electrons. The standard InChI is InChI=1S/C25H37FO4/c1-3-5-6-8-21-16-29-24(17-28-21)22-14-11-19(15-23(22)26)25(27)30-20-12-9-18(7-4-2)10-13-20/h11,14-15,18,20-21,24H,3-10,12-13,16-17H2,1-2H3/t18-,20-,21-,24-/m1/s1. The van der Waals surface area contributed by atoms with Gasteiger partial charge in [-0.3, -0.25) is 0 Å². The van der Waals surface area contributed by atoms with Gasteiger partial charge in [-0.1, -0.05) is 52.0 Å². The number of halogens is 1. The zero-order chi connectivity index (χ0) is 21.3. The average Bonchev–Trinajstić information content (AvgIpc) is 2.76. The molecule has 1 aliphatic heterocycles. The number of unbranched alkanes of at least 4 members (excludes halogenated alkanes) is 2. The smallest absolute Gasteiger partial charge is 0.338 e. The Morgan fingerprint density at radius 3 is 2.47 bits per heavy atom. The van der Waals surface area contributed by atoms with Crippen LogP contribution in [0.5, 0.6) is 0 Å². The second-order valence-electron chi connectivity index (χ2n) is 8.85. The number of ether oxygens (including phenoxy) is 3. The molecule has 2 aliphatic rings. The van der Waals surface area contributed by atoms with Crippen molar-refractivity contribution in [1.82, 2.24) is 0 Å². The predicted octanol–water partition coefficient (Wildman–Crippen LogP) is 6.38. The maximum absolute atomic E-state index is 14.7. The molecular formula is C25H37FO4. The Morgan fingerprint density at radius 2 is 1.83 bits per heavy atom. The van der Waals surface area contributed by atoms with Crippen molar-refractivity contribution in [3.05, 3.63) is 35.1 Å². The summed E-state index contributed by atoms with van der Waals surface area (Å²) in [6.45, 7) is 5.21. The van der Waals surface area contributed by atoms with Gasteiger partial charge in [0.05, 0.1) is 24.9 Å². The summed E-state index contributed by atoms with van der Waals surface area (Å²) >= 11 is 0. The van der Waals surface area contributed by atoms with E-state index < -0.39 is 17.9 Å². The molecule has 0 N–H and O–H groups in total. The van der Waals surface area contributed by atoms with E-state index in [-0.39, 0.29) is 17.8 Å². The normalized spacial score (nSPS) is 27.0. The van der Waals surface area contributed by atoms with Gasteiger partial charge in [-0.05, 0) is 50.2 Å². The minimum absolute atomic E-state index is 0.0481. The Hall–Kier alpha value is -1.46. The van der Waals surface area contributed by atoms with Gasteiger partial charge in [0.1, 0.15) is 18.0 Å². The van der Waals surface area contributed by atoms with Crippen LogP contribution in [0.3, 0.4) is 0 Å². The fourth-order valence-corrected chi connectivity index (χ4v) is 4.59. The number of rotatable bonds is 9. The molecule has 0 bridgehead atoms. The summed E-state index contributed by atoms with van der Waals surface area (Å²) in [5.41, 5.74) is 0.708. The zero-order valence-electron chi connectivity index (χ0n) is 18.5. The maximum Gasteiger partial charge on any atom is 0.338 e. The first-order valence-electron chi connectivity index (χ1n) is 11.8. The molecule has 1 aromatic carbocycles. The molecule has 2 atom stereocenters. The third-order valence-corrected chi connectivity index (χ3v) is 6.44. The number of esters is 1. The van der Waals surface area contributed by atoms with E-state index in [1.807, 2.05) is 0 Å². The van der Waals surface area contributed by atoms with Gasteiger partial charge in [0.2, 0.25) is 0 Å². The summed E-state index contributed by atoms with van der Waals surface area (Å²) in [5, 5.41) is 0. The van der Waals surface area contributed by atoms with Crippen molar-refractivity contribution in [3.8, 4) is 0 Å². The van der Waals surface area contributed by atoms with E-state index >= 15 is 0 Å². The largest absolute Gasteiger partial charge is 0.459 e. The van der Waals surface area contributed by atoms with E-state index in [1.165, 1.54) is 31.7 Å². The Balaban J connectivity index is 1.49. The highest BCUT2D eigenvalue weighted by atomic mass is 19.1. The highest BCUT2D eigenvalue weighted by Gasteiger charge is 2.27. The highest BCUT2D eigenvalue weighted by molar-refractivity contribution is 5.89. The highest BCUT2D eigenvalue weighted by Crippen LogP contribution is 2.31. The Bertz CT molecular complexity index is 661. The van der Waals surface area contributed by atoms with Gasteiger partial charge in [0.25, 0.3) is 0 Å². The van der Waals surface area contributed by atoms with Gasteiger partial charge in [0, 0.05) is 5.56 Å². The number of carbonyl (C=O) groups excluding carboxylic acids is 1. The molecule has 0 radical (unpaired) electrons. The molecule has 0 spiro atoms. The van der Waals surface area contributed by atoms with E-state index in [0.717, 1.165) is 44.4 Å². The molecule has 1 aliphatic carbocycles.